The van der Waals surface area contributed by atoms with E-state index >= 15 is 0 Å². The maximum absolute atomic E-state index is 12.5. The van der Waals surface area contributed by atoms with Crippen molar-refractivity contribution in [2.45, 2.75) is 38.0 Å². The first-order valence-corrected chi connectivity index (χ1v) is 7.21. The Labute approximate surface area is 130 Å². The van der Waals surface area contributed by atoms with Gasteiger partial charge in [-0.3, -0.25) is 4.68 Å². The second-order valence-electron chi connectivity index (χ2n) is 5.36. The van der Waals surface area contributed by atoms with Gasteiger partial charge in [-0.25, -0.2) is 4.98 Å². The third kappa shape index (κ3) is 3.72. The molecule has 0 aromatic carbocycles. The van der Waals surface area contributed by atoms with Gasteiger partial charge >= 0.3 is 6.18 Å². The molecular weight excluding hydrogens is 311 g/mol. The fourth-order valence-electron chi connectivity index (χ4n) is 2.68. The summed E-state index contributed by atoms with van der Waals surface area (Å²) in [6, 6.07) is 1.41. The number of aromatic nitrogens is 4. The largest absolute Gasteiger partial charge is 0.481 e. The van der Waals surface area contributed by atoms with Crippen molar-refractivity contribution in [1.82, 2.24) is 19.7 Å². The molecule has 0 bridgehead atoms. The zero-order valence-electron chi connectivity index (χ0n) is 12.5. The minimum absolute atomic E-state index is 0.208. The van der Waals surface area contributed by atoms with Crippen LogP contribution in [0.15, 0.2) is 18.5 Å². The normalized spacial score (nSPS) is 17.7. The van der Waals surface area contributed by atoms with Crippen LogP contribution in [0.3, 0.4) is 0 Å². The van der Waals surface area contributed by atoms with Crippen molar-refractivity contribution < 1.29 is 17.9 Å². The molecule has 0 saturated carbocycles. The fraction of sp³-hybridized carbons (Fsp3) is 0.500. The van der Waals surface area contributed by atoms with Crippen molar-refractivity contribution in [2.24, 2.45) is 0 Å². The first-order valence-electron chi connectivity index (χ1n) is 7.21. The zero-order valence-corrected chi connectivity index (χ0v) is 12.5. The third-order valence-corrected chi connectivity index (χ3v) is 3.62. The van der Waals surface area contributed by atoms with Crippen LogP contribution >= 0.6 is 0 Å². The summed E-state index contributed by atoms with van der Waals surface area (Å²) >= 11 is 0. The summed E-state index contributed by atoms with van der Waals surface area (Å²) in [5, 5.41) is 7.23. The minimum atomic E-state index is -4.28. The van der Waals surface area contributed by atoms with Crippen LogP contribution in [0.1, 0.15) is 30.1 Å². The van der Waals surface area contributed by atoms with E-state index in [0.717, 1.165) is 29.5 Å². The third-order valence-electron chi connectivity index (χ3n) is 3.62. The molecule has 1 unspecified atom stereocenters. The molecule has 2 heterocycles. The number of fused-ring (bicyclic) bond motifs is 1. The van der Waals surface area contributed by atoms with Gasteiger partial charge in [0.05, 0.1) is 18.8 Å². The lowest BCUT2D eigenvalue weighted by Gasteiger charge is -2.22. The van der Waals surface area contributed by atoms with Gasteiger partial charge in [-0.05, 0) is 24.8 Å². The molecule has 1 aliphatic carbocycles. The highest BCUT2D eigenvalue weighted by molar-refractivity contribution is 5.35. The number of nitrogens with zero attached hydrogens (tertiary/aromatic N) is 4. The molecule has 2 aromatic heterocycles. The Kier molecular flexibility index (Phi) is 4.10. The van der Waals surface area contributed by atoms with E-state index in [-0.39, 0.29) is 6.04 Å². The first-order chi connectivity index (χ1) is 10.9. The molecule has 0 amide bonds. The van der Waals surface area contributed by atoms with Crippen LogP contribution in [0.4, 0.5) is 19.1 Å². The summed E-state index contributed by atoms with van der Waals surface area (Å²) < 4.78 is 43.6. The topological polar surface area (TPSA) is 64.9 Å². The first kappa shape index (κ1) is 15.6. The van der Waals surface area contributed by atoms with Gasteiger partial charge in [-0.15, -0.1) is 0 Å². The van der Waals surface area contributed by atoms with Crippen molar-refractivity contribution in [1.29, 1.82) is 0 Å². The molecule has 6 nitrogen and oxygen atoms in total. The quantitative estimate of drug-likeness (QED) is 0.935. The summed E-state index contributed by atoms with van der Waals surface area (Å²) in [5.41, 5.74) is 1.47. The molecule has 1 N–H and O–H groups in total. The number of aryl methyl sites for hydroxylation is 1. The Morgan fingerprint density at radius 1 is 1.43 bits per heavy atom. The molecule has 1 atom stereocenters. The van der Waals surface area contributed by atoms with Gasteiger partial charge < -0.3 is 10.1 Å². The lowest BCUT2D eigenvalue weighted by Crippen LogP contribution is -2.20. The van der Waals surface area contributed by atoms with Crippen LogP contribution < -0.4 is 10.1 Å². The number of alkyl halides is 3. The van der Waals surface area contributed by atoms with Gasteiger partial charge in [0.25, 0.3) is 0 Å². The summed E-state index contributed by atoms with van der Waals surface area (Å²) in [7, 11) is 1.50. The second-order valence-corrected chi connectivity index (χ2v) is 5.36. The van der Waals surface area contributed by atoms with Crippen LogP contribution in [0.5, 0.6) is 5.88 Å². The molecule has 3 rings (SSSR count). The van der Waals surface area contributed by atoms with E-state index in [1.165, 1.54) is 13.3 Å². The van der Waals surface area contributed by atoms with Gasteiger partial charge in [0.15, 0.2) is 0 Å². The molecule has 0 fully saturated rings. The molecule has 0 radical (unpaired) electrons. The number of rotatable bonds is 4. The van der Waals surface area contributed by atoms with Gasteiger partial charge in [0.2, 0.25) is 11.8 Å². The van der Waals surface area contributed by atoms with E-state index in [4.69, 9.17) is 4.74 Å². The Balaban J connectivity index is 1.80. The molecule has 124 valence electrons. The van der Waals surface area contributed by atoms with Crippen molar-refractivity contribution in [3.05, 3.63) is 29.7 Å². The van der Waals surface area contributed by atoms with E-state index in [2.05, 4.69) is 20.4 Å². The van der Waals surface area contributed by atoms with Gasteiger partial charge in [0, 0.05) is 18.5 Å². The molecule has 0 saturated heterocycles. The van der Waals surface area contributed by atoms with Crippen LogP contribution in [0.25, 0.3) is 0 Å². The molecule has 0 aliphatic heterocycles. The van der Waals surface area contributed by atoms with E-state index < -0.39 is 12.7 Å². The molecule has 1 aliphatic rings. The Bertz CT molecular complexity index is 685. The van der Waals surface area contributed by atoms with E-state index in [9.17, 15) is 13.2 Å². The van der Waals surface area contributed by atoms with Crippen LogP contribution in [-0.4, -0.2) is 33.0 Å². The number of hydrogen-bond donors (Lipinski definition) is 1. The maximum Gasteiger partial charge on any atom is 0.408 e. The van der Waals surface area contributed by atoms with Crippen molar-refractivity contribution in [2.75, 3.05) is 12.4 Å². The zero-order chi connectivity index (χ0) is 16.4. The number of hydrogen-bond acceptors (Lipinski definition) is 5. The summed E-state index contributed by atoms with van der Waals surface area (Å²) in [5.74, 6) is 0.786. The van der Waals surface area contributed by atoms with Crippen LogP contribution in [-0.2, 0) is 13.0 Å². The Morgan fingerprint density at radius 3 is 3.00 bits per heavy atom. The highest BCUT2D eigenvalue weighted by atomic mass is 19.4. The average molecular weight is 327 g/mol. The predicted molar refractivity (Wildman–Crippen MR) is 76.2 cm³/mol. The van der Waals surface area contributed by atoms with Gasteiger partial charge in [-0.1, -0.05) is 0 Å². The monoisotopic (exact) mass is 327 g/mol. The number of ether oxygens (including phenoxy) is 1. The van der Waals surface area contributed by atoms with Crippen LogP contribution in [0.2, 0.25) is 0 Å². The molecule has 0 spiro atoms. The fourth-order valence-corrected chi connectivity index (χ4v) is 2.68. The van der Waals surface area contributed by atoms with E-state index in [1.54, 1.807) is 12.3 Å². The van der Waals surface area contributed by atoms with Crippen LogP contribution in [0, 0.1) is 0 Å². The smallest absolute Gasteiger partial charge is 0.408 e. The maximum atomic E-state index is 12.5. The van der Waals surface area contributed by atoms with E-state index in [1.807, 2.05) is 0 Å². The van der Waals surface area contributed by atoms with Crippen molar-refractivity contribution >= 4 is 5.95 Å². The van der Waals surface area contributed by atoms with E-state index in [0.29, 0.717) is 17.5 Å². The average Bonchev–Trinajstić information content (AvgIpc) is 2.89. The standard InChI is InChI=1S/C14H16F3N5O/c1-23-11-5-6-18-13(20-11)19-10-4-2-3-9-7-22(21-12(9)10)8-14(15,16)17/h5-7,10H,2-4,8H2,1H3,(H,18,19,20). The summed E-state index contributed by atoms with van der Waals surface area (Å²) in [4.78, 5) is 8.27. The summed E-state index contributed by atoms with van der Waals surface area (Å²) in [6.45, 7) is -1.08. The van der Waals surface area contributed by atoms with Crippen molar-refractivity contribution in [3.8, 4) is 5.88 Å². The lowest BCUT2D eigenvalue weighted by molar-refractivity contribution is -0.142. The lowest BCUT2D eigenvalue weighted by atomic mass is 9.94. The predicted octanol–water partition coefficient (Wildman–Crippen LogP) is 2.73. The molecule has 9 heteroatoms. The highest BCUT2D eigenvalue weighted by Gasteiger charge is 2.31. The summed E-state index contributed by atoms with van der Waals surface area (Å²) in [6.07, 6.45) is 1.10. The number of nitrogens with one attached hydrogen (secondary N) is 1. The number of anilines is 1. The molecule has 2 aromatic rings. The van der Waals surface area contributed by atoms with Gasteiger partial charge in [0.1, 0.15) is 6.54 Å². The second kappa shape index (κ2) is 6.05. The number of halogens is 3. The molecular formula is C14H16F3N5O. The Hall–Kier alpha value is -2.32. The Morgan fingerprint density at radius 2 is 2.26 bits per heavy atom. The minimum Gasteiger partial charge on any atom is -0.481 e. The van der Waals surface area contributed by atoms with Gasteiger partial charge in [-0.2, -0.15) is 23.3 Å². The molecule has 23 heavy (non-hydrogen) atoms. The highest BCUT2D eigenvalue weighted by Crippen LogP contribution is 2.31. The SMILES string of the molecule is COc1ccnc(NC2CCCc3cn(CC(F)(F)F)nc32)n1. The number of methoxy groups -OCH3 is 1. The van der Waals surface area contributed by atoms with Crippen molar-refractivity contribution in [3.63, 3.8) is 0 Å².